The fourth-order valence-electron chi connectivity index (χ4n) is 7.60. The summed E-state index contributed by atoms with van der Waals surface area (Å²) in [4.78, 5) is 24.9. The van der Waals surface area contributed by atoms with Crippen LogP contribution in [0.5, 0.6) is 0 Å². The van der Waals surface area contributed by atoms with Gasteiger partial charge in [0, 0.05) is 18.9 Å². The van der Waals surface area contributed by atoms with Crippen LogP contribution in [0.1, 0.15) is 58.8 Å². The van der Waals surface area contributed by atoms with Crippen LogP contribution in [-0.4, -0.2) is 41.7 Å². The number of hydrogen-bond donors (Lipinski definition) is 1. The highest BCUT2D eigenvalue weighted by atomic mass is 35.5. The quantitative estimate of drug-likeness (QED) is 0.568. The number of ether oxygens (including phenoxy) is 2. The molecule has 28 heavy (non-hydrogen) atoms. The summed E-state index contributed by atoms with van der Waals surface area (Å²) < 4.78 is 11.1. The van der Waals surface area contributed by atoms with Crippen molar-refractivity contribution >= 4 is 23.4 Å². The molecule has 0 aromatic carbocycles. The number of carbonyl (C=O) groups excluding carboxylic acids is 2. The summed E-state index contributed by atoms with van der Waals surface area (Å²) in [5.74, 6) is 0.510. The van der Waals surface area contributed by atoms with Crippen molar-refractivity contribution in [3.63, 3.8) is 0 Å². The Labute approximate surface area is 171 Å². The summed E-state index contributed by atoms with van der Waals surface area (Å²) in [6.45, 7) is 4.31. The van der Waals surface area contributed by atoms with Crippen LogP contribution in [0.25, 0.3) is 0 Å². The standard InChI is InChI=1S/C22H31ClO5/c1-20-8-6-14(24)10-13(20)4-5-15-16-7-9-22(27-3,19(26)28-12-23)21(16,2)11-17(25)18(15)20/h10,15-18,25H,4-9,11-12H2,1-3H3/t15-,16-,17-,18+,20-,21-,22-/m0/s1. The highest BCUT2D eigenvalue weighted by Crippen LogP contribution is 2.68. The minimum Gasteiger partial charge on any atom is -0.447 e. The summed E-state index contributed by atoms with van der Waals surface area (Å²) in [7, 11) is 1.57. The molecule has 0 aromatic rings. The molecule has 0 aromatic heterocycles. The Morgan fingerprint density at radius 3 is 2.71 bits per heavy atom. The number of rotatable bonds is 3. The predicted octanol–water partition coefficient (Wildman–Crippen LogP) is 3.61. The van der Waals surface area contributed by atoms with Crippen molar-refractivity contribution in [1.29, 1.82) is 0 Å². The normalized spacial score (nSPS) is 47.6. The molecule has 3 saturated carbocycles. The molecule has 0 bridgehead atoms. The van der Waals surface area contributed by atoms with Crippen LogP contribution in [0.4, 0.5) is 0 Å². The molecule has 156 valence electrons. The molecule has 0 aliphatic heterocycles. The molecule has 0 unspecified atom stereocenters. The minimum atomic E-state index is -1.06. The molecule has 5 nitrogen and oxygen atoms in total. The Bertz CT molecular complexity index is 720. The van der Waals surface area contributed by atoms with Crippen molar-refractivity contribution in [2.24, 2.45) is 28.6 Å². The second-order valence-corrected chi connectivity index (χ2v) is 9.91. The van der Waals surface area contributed by atoms with Crippen molar-refractivity contribution < 1.29 is 24.2 Å². The van der Waals surface area contributed by atoms with E-state index in [2.05, 4.69) is 13.8 Å². The highest BCUT2D eigenvalue weighted by Gasteiger charge is 2.70. The lowest BCUT2D eigenvalue weighted by atomic mass is 9.45. The van der Waals surface area contributed by atoms with Gasteiger partial charge < -0.3 is 14.6 Å². The number of carbonyl (C=O) groups is 2. The SMILES string of the molecule is CO[C@]1(C(=O)OCCl)CC[C@H]2[C@@H]3CCC4=CC(=O)CC[C@]4(C)[C@H]3[C@@H](O)C[C@@]21C. The van der Waals surface area contributed by atoms with Crippen molar-refractivity contribution in [1.82, 2.24) is 0 Å². The van der Waals surface area contributed by atoms with Gasteiger partial charge in [-0.3, -0.25) is 4.79 Å². The van der Waals surface area contributed by atoms with E-state index in [1.165, 1.54) is 5.57 Å². The zero-order valence-electron chi connectivity index (χ0n) is 17.0. The molecule has 4 aliphatic carbocycles. The van der Waals surface area contributed by atoms with Gasteiger partial charge in [-0.25, -0.2) is 4.79 Å². The van der Waals surface area contributed by atoms with Crippen molar-refractivity contribution in [3.05, 3.63) is 11.6 Å². The number of aliphatic hydroxyl groups excluding tert-OH is 1. The zero-order chi connectivity index (χ0) is 20.3. The lowest BCUT2D eigenvalue weighted by Crippen LogP contribution is -2.62. The number of methoxy groups -OCH3 is 1. The van der Waals surface area contributed by atoms with E-state index in [0.717, 1.165) is 25.7 Å². The van der Waals surface area contributed by atoms with E-state index in [1.807, 2.05) is 6.08 Å². The summed E-state index contributed by atoms with van der Waals surface area (Å²) in [5.41, 5.74) is -0.469. The van der Waals surface area contributed by atoms with E-state index in [0.29, 0.717) is 25.2 Å². The van der Waals surface area contributed by atoms with Crippen molar-refractivity contribution in [3.8, 4) is 0 Å². The van der Waals surface area contributed by atoms with Gasteiger partial charge in [0.15, 0.2) is 17.5 Å². The Hall–Kier alpha value is -0.910. The van der Waals surface area contributed by atoms with Gasteiger partial charge in [-0.2, -0.15) is 0 Å². The fourth-order valence-corrected chi connectivity index (χ4v) is 7.69. The molecular formula is C22H31ClO5. The fraction of sp³-hybridized carbons (Fsp3) is 0.818. The second-order valence-electron chi connectivity index (χ2n) is 9.69. The molecule has 1 N–H and O–H groups in total. The number of ketones is 1. The summed E-state index contributed by atoms with van der Waals surface area (Å²) in [6, 6.07) is -0.195. The molecule has 0 radical (unpaired) electrons. The Morgan fingerprint density at radius 2 is 2.04 bits per heavy atom. The summed E-state index contributed by atoms with van der Waals surface area (Å²) >= 11 is 5.68. The van der Waals surface area contributed by atoms with Crippen LogP contribution in [0.15, 0.2) is 11.6 Å². The molecule has 6 heteroatoms. The van der Waals surface area contributed by atoms with Crippen LogP contribution in [-0.2, 0) is 19.1 Å². The van der Waals surface area contributed by atoms with Gasteiger partial charge in [-0.1, -0.05) is 31.0 Å². The van der Waals surface area contributed by atoms with Crippen LogP contribution in [0, 0.1) is 28.6 Å². The molecule has 0 spiro atoms. The first-order valence-electron chi connectivity index (χ1n) is 10.4. The van der Waals surface area contributed by atoms with E-state index in [4.69, 9.17) is 21.1 Å². The second kappa shape index (κ2) is 6.82. The topological polar surface area (TPSA) is 72.8 Å². The van der Waals surface area contributed by atoms with E-state index in [1.54, 1.807) is 7.11 Å². The first-order chi connectivity index (χ1) is 13.2. The predicted molar refractivity (Wildman–Crippen MR) is 105 cm³/mol. The van der Waals surface area contributed by atoms with Gasteiger partial charge in [0.25, 0.3) is 0 Å². The smallest absolute Gasteiger partial charge is 0.340 e. The molecule has 0 saturated heterocycles. The number of hydrogen-bond acceptors (Lipinski definition) is 5. The monoisotopic (exact) mass is 410 g/mol. The van der Waals surface area contributed by atoms with Crippen LogP contribution in [0.3, 0.4) is 0 Å². The number of fused-ring (bicyclic) bond motifs is 5. The maximum absolute atomic E-state index is 12.9. The highest BCUT2D eigenvalue weighted by molar-refractivity contribution is 6.17. The largest absolute Gasteiger partial charge is 0.447 e. The maximum Gasteiger partial charge on any atom is 0.340 e. The summed E-state index contributed by atoms with van der Waals surface area (Å²) in [6.07, 6.45) is 6.48. The number of halogens is 1. The lowest BCUT2D eigenvalue weighted by molar-refractivity contribution is -0.204. The first kappa shape index (κ1) is 20.4. The van der Waals surface area contributed by atoms with Gasteiger partial charge in [0.2, 0.25) is 0 Å². The third-order valence-corrected chi connectivity index (χ3v) is 8.99. The third kappa shape index (κ3) is 2.51. The molecule has 4 rings (SSSR count). The molecular weight excluding hydrogens is 380 g/mol. The number of aliphatic hydroxyl groups is 1. The van der Waals surface area contributed by atoms with Gasteiger partial charge in [-0.15, -0.1) is 0 Å². The van der Waals surface area contributed by atoms with Crippen molar-refractivity contribution in [2.45, 2.75) is 70.5 Å². The molecule has 0 amide bonds. The maximum atomic E-state index is 12.9. The lowest BCUT2D eigenvalue weighted by Gasteiger charge is -2.60. The Balaban J connectivity index is 1.73. The average Bonchev–Trinajstić information content (AvgIpc) is 2.95. The van der Waals surface area contributed by atoms with Gasteiger partial charge in [-0.05, 0) is 67.8 Å². The molecule has 7 atom stereocenters. The number of esters is 1. The van der Waals surface area contributed by atoms with Crippen LogP contribution >= 0.6 is 11.6 Å². The first-order valence-corrected chi connectivity index (χ1v) is 11.0. The molecule has 4 aliphatic rings. The summed E-state index contributed by atoms with van der Waals surface area (Å²) in [5, 5.41) is 11.4. The van der Waals surface area contributed by atoms with E-state index < -0.39 is 23.1 Å². The van der Waals surface area contributed by atoms with Crippen molar-refractivity contribution in [2.75, 3.05) is 13.2 Å². The third-order valence-electron chi connectivity index (χ3n) is 8.88. The Morgan fingerprint density at radius 1 is 1.29 bits per heavy atom. The molecule has 0 heterocycles. The van der Waals surface area contributed by atoms with Crippen LogP contribution < -0.4 is 0 Å². The zero-order valence-corrected chi connectivity index (χ0v) is 17.8. The van der Waals surface area contributed by atoms with Gasteiger partial charge >= 0.3 is 5.97 Å². The van der Waals surface area contributed by atoms with Gasteiger partial charge in [0.1, 0.15) is 0 Å². The Kier molecular flexibility index (Phi) is 4.96. The van der Waals surface area contributed by atoms with E-state index >= 15 is 0 Å². The average molecular weight is 411 g/mol. The number of allylic oxidation sites excluding steroid dienone is 1. The minimum absolute atomic E-state index is 0.121. The van der Waals surface area contributed by atoms with Gasteiger partial charge in [0.05, 0.1) is 6.10 Å². The van der Waals surface area contributed by atoms with Crippen LogP contribution in [0.2, 0.25) is 0 Å². The van der Waals surface area contributed by atoms with E-state index in [9.17, 15) is 14.7 Å². The van der Waals surface area contributed by atoms with E-state index in [-0.39, 0.29) is 29.1 Å². The molecule has 3 fully saturated rings. The number of alkyl halides is 1.